The number of thioether (sulfide) groups is 1. The molecule has 0 fully saturated rings. The van der Waals surface area contributed by atoms with Crippen molar-refractivity contribution >= 4 is 29.3 Å². The summed E-state index contributed by atoms with van der Waals surface area (Å²) in [7, 11) is 3.12. The first kappa shape index (κ1) is 20.8. The lowest BCUT2D eigenvalue weighted by atomic mass is 9.88. The highest BCUT2D eigenvalue weighted by atomic mass is 32.2. The van der Waals surface area contributed by atoms with E-state index in [2.05, 4.69) is 27.3 Å². The van der Waals surface area contributed by atoms with Gasteiger partial charge in [-0.15, -0.1) is 11.8 Å². The summed E-state index contributed by atoms with van der Waals surface area (Å²) in [6.07, 6.45) is 3.49. The van der Waals surface area contributed by atoms with Crippen LogP contribution in [0.4, 0.5) is 11.6 Å². The minimum atomic E-state index is -0.634. The van der Waals surface area contributed by atoms with Crippen molar-refractivity contribution in [3.05, 3.63) is 66.6 Å². The number of anilines is 2. The first-order valence-electron chi connectivity index (χ1n) is 9.58. The van der Waals surface area contributed by atoms with Gasteiger partial charge in [-0.1, -0.05) is 18.7 Å². The van der Waals surface area contributed by atoms with Crippen LogP contribution in [0, 0.1) is 5.92 Å². The molecule has 0 spiro atoms. The molecule has 160 valence electrons. The highest BCUT2D eigenvalue weighted by Crippen LogP contribution is 2.39. The second-order valence-electron chi connectivity index (χ2n) is 6.93. The Morgan fingerprint density at radius 2 is 1.97 bits per heavy atom. The quantitative estimate of drug-likeness (QED) is 0.567. The highest BCUT2D eigenvalue weighted by Gasteiger charge is 2.39. The molecule has 3 aromatic rings. The van der Waals surface area contributed by atoms with Gasteiger partial charge in [-0.05, 0) is 36.1 Å². The maximum atomic E-state index is 13.5. The fourth-order valence-electron chi connectivity index (χ4n) is 3.65. The average Bonchev–Trinajstić information content (AvgIpc) is 3.26. The van der Waals surface area contributed by atoms with Gasteiger partial charge in [0.15, 0.2) is 0 Å². The van der Waals surface area contributed by atoms with Gasteiger partial charge in [0.1, 0.15) is 23.7 Å². The zero-order chi connectivity index (χ0) is 22.0. The molecule has 2 atom stereocenters. The summed E-state index contributed by atoms with van der Waals surface area (Å²) >= 11 is 1.66. The number of rotatable bonds is 6. The monoisotopic (exact) mass is 437 g/mol. The fraction of sp³-hybridized carbons (Fsp3) is 0.227. The maximum absolute atomic E-state index is 13.5. The molecule has 9 heteroatoms. The van der Waals surface area contributed by atoms with Gasteiger partial charge in [-0.3, -0.25) is 4.79 Å². The lowest BCUT2D eigenvalue weighted by Crippen LogP contribution is -2.39. The SMILES string of the molecule is C=C1Nc2ncnn2[C@H](c2ccc(SC)cc2)[C@@H]1C(=O)Nc1cc(OC)ccc1OC. The minimum Gasteiger partial charge on any atom is -0.497 e. The number of nitrogens with one attached hydrogen (secondary N) is 2. The molecule has 0 radical (unpaired) electrons. The molecule has 0 aliphatic carbocycles. The molecule has 1 amide bonds. The Morgan fingerprint density at radius 3 is 2.65 bits per heavy atom. The first-order chi connectivity index (χ1) is 15.0. The molecule has 0 bridgehead atoms. The largest absolute Gasteiger partial charge is 0.497 e. The smallest absolute Gasteiger partial charge is 0.236 e. The summed E-state index contributed by atoms with van der Waals surface area (Å²) in [5.74, 6) is 0.812. The van der Waals surface area contributed by atoms with Crippen molar-refractivity contribution in [2.45, 2.75) is 10.9 Å². The summed E-state index contributed by atoms with van der Waals surface area (Å²) in [5.41, 5.74) is 1.99. The summed E-state index contributed by atoms with van der Waals surface area (Å²) < 4.78 is 12.4. The number of carbonyl (C=O) groups excluding carboxylic acids is 1. The molecule has 2 aromatic carbocycles. The van der Waals surface area contributed by atoms with Crippen LogP contribution in [0.15, 0.2) is 66.0 Å². The van der Waals surface area contributed by atoms with E-state index < -0.39 is 12.0 Å². The lowest BCUT2D eigenvalue weighted by molar-refractivity contribution is -0.119. The molecular weight excluding hydrogens is 414 g/mol. The van der Waals surface area contributed by atoms with Crippen molar-refractivity contribution in [3.8, 4) is 11.5 Å². The molecule has 4 rings (SSSR count). The number of nitrogens with zero attached hydrogens (tertiary/aromatic N) is 3. The molecule has 0 unspecified atom stereocenters. The van der Waals surface area contributed by atoms with Crippen LogP contribution in [0.1, 0.15) is 11.6 Å². The van der Waals surface area contributed by atoms with Crippen LogP contribution >= 0.6 is 11.8 Å². The van der Waals surface area contributed by atoms with Crippen LogP contribution in [0.2, 0.25) is 0 Å². The Labute approximate surface area is 184 Å². The third-order valence-corrected chi connectivity index (χ3v) is 5.95. The number of fused-ring (bicyclic) bond motifs is 1. The van der Waals surface area contributed by atoms with Crippen LogP contribution in [0.25, 0.3) is 0 Å². The molecule has 8 nitrogen and oxygen atoms in total. The molecule has 31 heavy (non-hydrogen) atoms. The van der Waals surface area contributed by atoms with Crippen LogP contribution < -0.4 is 20.1 Å². The van der Waals surface area contributed by atoms with Gasteiger partial charge in [0.2, 0.25) is 11.9 Å². The second kappa shape index (κ2) is 8.73. The zero-order valence-electron chi connectivity index (χ0n) is 17.5. The number of methoxy groups -OCH3 is 2. The minimum absolute atomic E-state index is 0.246. The molecule has 1 aliphatic heterocycles. The summed E-state index contributed by atoms with van der Waals surface area (Å²) in [5, 5.41) is 10.4. The van der Waals surface area contributed by atoms with Gasteiger partial charge in [-0.2, -0.15) is 10.1 Å². The third kappa shape index (κ3) is 3.96. The van der Waals surface area contributed by atoms with Gasteiger partial charge in [-0.25, -0.2) is 4.68 Å². The van der Waals surface area contributed by atoms with E-state index in [1.165, 1.54) is 6.33 Å². The number of hydrogen-bond acceptors (Lipinski definition) is 7. The van der Waals surface area contributed by atoms with Crippen molar-refractivity contribution in [2.75, 3.05) is 31.1 Å². The average molecular weight is 438 g/mol. The van der Waals surface area contributed by atoms with E-state index in [-0.39, 0.29) is 5.91 Å². The fourth-order valence-corrected chi connectivity index (χ4v) is 4.06. The van der Waals surface area contributed by atoms with Gasteiger partial charge in [0.25, 0.3) is 0 Å². The lowest BCUT2D eigenvalue weighted by Gasteiger charge is -2.34. The van der Waals surface area contributed by atoms with Crippen molar-refractivity contribution in [3.63, 3.8) is 0 Å². The number of aromatic nitrogens is 3. The predicted octanol–water partition coefficient (Wildman–Crippen LogP) is 3.80. The number of hydrogen-bond donors (Lipinski definition) is 2. The zero-order valence-corrected chi connectivity index (χ0v) is 18.3. The molecular formula is C22H23N5O3S. The van der Waals surface area contributed by atoms with Crippen LogP contribution in [0.3, 0.4) is 0 Å². The van der Waals surface area contributed by atoms with E-state index in [0.717, 1.165) is 10.5 Å². The van der Waals surface area contributed by atoms with Crippen LogP contribution in [-0.4, -0.2) is 41.1 Å². The van der Waals surface area contributed by atoms with Crippen molar-refractivity contribution in [2.24, 2.45) is 5.92 Å². The van der Waals surface area contributed by atoms with Crippen molar-refractivity contribution in [1.29, 1.82) is 0 Å². The van der Waals surface area contributed by atoms with Crippen molar-refractivity contribution in [1.82, 2.24) is 14.8 Å². The third-order valence-electron chi connectivity index (χ3n) is 5.20. The van der Waals surface area contributed by atoms with Gasteiger partial charge < -0.3 is 20.1 Å². The predicted molar refractivity (Wildman–Crippen MR) is 121 cm³/mol. The molecule has 0 saturated carbocycles. The molecule has 1 aromatic heterocycles. The summed E-state index contributed by atoms with van der Waals surface area (Å²) in [6, 6.07) is 12.9. The topological polar surface area (TPSA) is 90.3 Å². The van der Waals surface area contributed by atoms with E-state index in [0.29, 0.717) is 28.8 Å². The Hall–Kier alpha value is -3.46. The molecule has 0 saturated heterocycles. The van der Waals surface area contributed by atoms with Crippen LogP contribution in [0.5, 0.6) is 11.5 Å². The second-order valence-corrected chi connectivity index (χ2v) is 7.81. The van der Waals surface area contributed by atoms with Gasteiger partial charge in [0, 0.05) is 16.7 Å². The van der Waals surface area contributed by atoms with Gasteiger partial charge in [0.05, 0.1) is 25.9 Å². The van der Waals surface area contributed by atoms with E-state index in [4.69, 9.17) is 9.47 Å². The number of ether oxygens (including phenoxy) is 2. The summed E-state index contributed by atoms with van der Waals surface area (Å²) in [6.45, 7) is 4.11. The Balaban J connectivity index is 1.72. The van der Waals surface area contributed by atoms with Gasteiger partial charge >= 0.3 is 0 Å². The molecule has 2 heterocycles. The molecule has 2 N–H and O–H groups in total. The van der Waals surface area contributed by atoms with E-state index >= 15 is 0 Å². The first-order valence-corrected chi connectivity index (χ1v) is 10.8. The number of benzene rings is 2. The normalized spacial score (nSPS) is 17.5. The van der Waals surface area contributed by atoms with E-state index in [1.54, 1.807) is 48.9 Å². The van der Waals surface area contributed by atoms with E-state index in [9.17, 15) is 4.79 Å². The Bertz CT molecular complexity index is 1110. The molecule has 1 aliphatic rings. The van der Waals surface area contributed by atoms with E-state index in [1.807, 2.05) is 30.5 Å². The van der Waals surface area contributed by atoms with Crippen LogP contribution in [-0.2, 0) is 4.79 Å². The number of carbonyl (C=O) groups is 1. The summed E-state index contributed by atoms with van der Waals surface area (Å²) in [4.78, 5) is 18.9. The number of amides is 1. The standard InChI is InChI=1S/C22H23N5O3S/c1-13-19(21(28)26-17-11-15(29-2)7-10-18(17)30-3)20(27-22(25-13)23-12-24-27)14-5-8-16(31-4)9-6-14/h5-12,19-20H,1H2,2-4H3,(H,26,28)(H,23,24,25)/t19-,20-/m1/s1. The highest BCUT2D eigenvalue weighted by molar-refractivity contribution is 7.98. The Kier molecular flexibility index (Phi) is 5.85. The Morgan fingerprint density at radius 1 is 1.19 bits per heavy atom. The van der Waals surface area contributed by atoms with Crippen molar-refractivity contribution < 1.29 is 14.3 Å². The maximum Gasteiger partial charge on any atom is 0.236 e.